The first-order chi connectivity index (χ1) is 11.3. The SMILES string of the molecule is CC(C)CC(C)c1ccccc1NC(=O)c1cn(C)nc1[C@H](C)F. The zero-order valence-corrected chi connectivity index (χ0v) is 15.0. The molecule has 0 bridgehead atoms. The molecule has 1 aromatic heterocycles. The largest absolute Gasteiger partial charge is 0.322 e. The summed E-state index contributed by atoms with van der Waals surface area (Å²) < 4.78 is 15.2. The number of rotatable bonds is 6. The van der Waals surface area contributed by atoms with Crippen LogP contribution in [0.1, 0.15) is 67.8 Å². The molecule has 0 aliphatic heterocycles. The first kappa shape index (κ1) is 18.2. The third-order valence-electron chi connectivity index (χ3n) is 4.04. The quantitative estimate of drug-likeness (QED) is 0.822. The van der Waals surface area contributed by atoms with Gasteiger partial charge in [0, 0.05) is 18.9 Å². The lowest BCUT2D eigenvalue weighted by molar-refractivity contribution is 0.102. The summed E-state index contributed by atoms with van der Waals surface area (Å²) >= 11 is 0. The number of amides is 1. The van der Waals surface area contributed by atoms with Crippen LogP contribution in [0.25, 0.3) is 0 Å². The maximum absolute atomic E-state index is 13.7. The number of nitrogens with zero attached hydrogens (tertiary/aromatic N) is 2. The number of para-hydroxylation sites is 1. The van der Waals surface area contributed by atoms with Crippen molar-refractivity contribution >= 4 is 11.6 Å². The van der Waals surface area contributed by atoms with Gasteiger partial charge in [0.05, 0.1) is 5.56 Å². The van der Waals surface area contributed by atoms with Gasteiger partial charge in [-0.15, -0.1) is 0 Å². The van der Waals surface area contributed by atoms with E-state index in [-0.39, 0.29) is 17.2 Å². The van der Waals surface area contributed by atoms with Crippen molar-refractivity contribution in [3.8, 4) is 0 Å². The van der Waals surface area contributed by atoms with Crippen LogP contribution >= 0.6 is 0 Å². The van der Waals surface area contributed by atoms with E-state index in [1.165, 1.54) is 11.6 Å². The van der Waals surface area contributed by atoms with Gasteiger partial charge in [-0.2, -0.15) is 5.10 Å². The number of hydrogen-bond donors (Lipinski definition) is 1. The Morgan fingerprint density at radius 1 is 1.25 bits per heavy atom. The van der Waals surface area contributed by atoms with Crippen molar-refractivity contribution in [1.29, 1.82) is 0 Å². The molecule has 1 amide bonds. The van der Waals surface area contributed by atoms with E-state index in [0.717, 1.165) is 17.7 Å². The number of benzene rings is 1. The number of halogens is 1. The van der Waals surface area contributed by atoms with Gasteiger partial charge in [0.1, 0.15) is 11.9 Å². The number of alkyl halides is 1. The fourth-order valence-electron chi connectivity index (χ4n) is 3.04. The van der Waals surface area contributed by atoms with Gasteiger partial charge in [-0.3, -0.25) is 9.48 Å². The number of aromatic nitrogens is 2. The number of anilines is 1. The number of nitrogens with one attached hydrogen (secondary N) is 1. The summed E-state index contributed by atoms with van der Waals surface area (Å²) in [7, 11) is 1.68. The molecule has 0 aliphatic carbocycles. The predicted octanol–water partition coefficient (Wildman–Crippen LogP) is 4.85. The molecule has 130 valence electrons. The maximum atomic E-state index is 13.7. The van der Waals surface area contributed by atoms with E-state index in [9.17, 15) is 9.18 Å². The van der Waals surface area contributed by atoms with E-state index in [2.05, 4.69) is 31.2 Å². The molecule has 0 aliphatic rings. The number of carbonyl (C=O) groups excluding carboxylic acids is 1. The van der Waals surface area contributed by atoms with Crippen LogP contribution < -0.4 is 5.32 Å². The molecule has 1 unspecified atom stereocenters. The number of carbonyl (C=O) groups is 1. The Bertz CT molecular complexity index is 706. The van der Waals surface area contributed by atoms with Gasteiger partial charge >= 0.3 is 0 Å². The van der Waals surface area contributed by atoms with Crippen molar-refractivity contribution in [2.45, 2.75) is 46.2 Å². The molecule has 2 aromatic rings. The first-order valence-electron chi connectivity index (χ1n) is 8.37. The highest BCUT2D eigenvalue weighted by molar-refractivity contribution is 6.05. The third-order valence-corrected chi connectivity index (χ3v) is 4.04. The van der Waals surface area contributed by atoms with Crippen LogP contribution in [0.15, 0.2) is 30.5 Å². The zero-order chi connectivity index (χ0) is 17.9. The molecule has 0 radical (unpaired) electrons. The van der Waals surface area contributed by atoms with E-state index < -0.39 is 6.17 Å². The summed E-state index contributed by atoms with van der Waals surface area (Å²) in [5, 5.41) is 6.98. The summed E-state index contributed by atoms with van der Waals surface area (Å²) in [6.07, 6.45) is 1.30. The van der Waals surface area contributed by atoms with Gasteiger partial charge in [0.15, 0.2) is 0 Å². The van der Waals surface area contributed by atoms with Gasteiger partial charge in [-0.25, -0.2) is 4.39 Å². The lowest BCUT2D eigenvalue weighted by atomic mass is 9.91. The Morgan fingerprint density at radius 2 is 1.92 bits per heavy atom. The van der Waals surface area contributed by atoms with Gasteiger partial charge in [0.25, 0.3) is 5.91 Å². The lowest BCUT2D eigenvalue weighted by Gasteiger charge is -2.18. The Labute approximate surface area is 143 Å². The van der Waals surface area contributed by atoms with Crippen molar-refractivity contribution in [1.82, 2.24) is 9.78 Å². The minimum Gasteiger partial charge on any atom is -0.322 e. The van der Waals surface area contributed by atoms with Crippen LogP contribution in [-0.4, -0.2) is 15.7 Å². The van der Waals surface area contributed by atoms with Gasteiger partial charge in [-0.05, 0) is 36.8 Å². The highest BCUT2D eigenvalue weighted by atomic mass is 19.1. The van der Waals surface area contributed by atoms with E-state index >= 15 is 0 Å². The van der Waals surface area contributed by atoms with E-state index in [1.807, 2.05) is 24.3 Å². The van der Waals surface area contributed by atoms with E-state index in [0.29, 0.717) is 11.8 Å². The second kappa shape index (κ2) is 7.60. The van der Waals surface area contributed by atoms with Crippen LogP contribution in [0, 0.1) is 5.92 Å². The summed E-state index contributed by atoms with van der Waals surface area (Å²) in [5.41, 5.74) is 2.32. The van der Waals surface area contributed by atoms with E-state index in [1.54, 1.807) is 13.2 Å². The molecule has 4 nitrogen and oxygen atoms in total. The lowest BCUT2D eigenvalue weighted by Crippen LogP contribution is -2.15. The van der Waals surface area contributed by atoms with Crippen LogP contribution in [-0.2, 0) is 7.05 Å². The van der Waals surface area contributed by atoms with Gasteiger partial charge < -0.3 is 5.32 Å². The zero-order valence-electron chi connectivity index (χ0n) is 15.0. The molecular weight excluding hydrogens is 305 g/mol. The smallest absolute Gasteiger partial charge is 0.259 e. The molecule has 0 fully saturated rings. The first-order valence-corrected chi connectivity index (χ1v) is 8.37. The number of hydrogen-bond acceptors (Lipinski definition) is 2. The molecule has 0 spiro atoms. The summed E-state index contributed by atoms with van der Waals surface area (Å²) in [5.74, 6) is 0.572. The molecule has 1 N–H and O–H groups in total. The Morgan fingerprint density at radius 3 is 2.54 bits per heavy atom. The second-order valence-corrected chi connectivity index (χ2v) is 6.79. The maximum Gasteiger partial charge on any atom is 0.259 e. The molecule has 2 rings (SSSR count). The van der Waals surface area contributed by atoms with Crippen molar-refractivity contribution in [3.63, 3.8) is 0 Å². The van der Waals surface area contributed by atoms with Crippen molar-refractivity contribution in [3.05, 3.63) is 47.3 Å². The highest BCUT2D eigenvalue weighted by Gasteiger charge is 2.21. The van der Waals surface area contributed by atoms with Crippen LogP contribution in [0.3, 0.4) is 0 Å². The third kappa shape index (κ3) is 4.22. The topological polar surface area (TPSA) is 46.9 Å². The minimum absolute atomic E-state index is 0.169. The highest BCUT2D eigenvalue weighted by Crippen LogP contribution is 2.30. The minimum atomic E-state index is -1.29. The summed E-state index contributed by atoms with van der Waals surface area (Å²) in [6.45, 7) is 7.91. The van der Waals surface area contributed by atoms with Crippen molar-refractivity contribution < 1.29 is 9.18 Å². The molecule has 2 atom stereocenters. The van der Waals surface area contributed by atoms with Crippen molar-refractivity contribution in [2.24, 2.45) is 13.0 Å². The molecule has 24 heavy (non-hydrogen) atoms. The van der Waals surface area contributed by atoms with Crippen LogP contribution in [0.4, 0.5) is 10.1 Å². The fourth-order valence-corrected chi connectivity index (χ4v) is 3.04. The van der Waals surface area contributed by atoms with E-state index in [4.69, 9.17) is 0 Å². The van der Waals surface area contributed by atoms with Gasteiger partial charge in [-0.1, -0.05) is 39.0 Å². The molecule has 1 aromatic carbocycles. The van der Waals surface area contributed by atoms with Gasteiger partial charge in [0.2, 0.25) is 0 Å². The fraction of sp³-hybridized carbons (Fsp3) is 0.474. The van der Waals surface area contributed by atoms with Crippen LogP contribution in [0.2, 0.25) is 0 Å². The molecule has 0 saturated carbocycles. The average Bonchev–Trinajstić information content (AvgIpc) is 2.89. The second-order valence-electron chi connectivity index (χ2n) is 6.79. The molecule has 5 heteroatoms. The monoisotopic (exact) mass is 331 g/mol. The summed E-state index contributed by atoms with van der Waals surface area (Å²) in [6, 6.07) is 7.79. The number of aryl methyl sites for hydroxylation is 1. The Hall–Kier alpha value is -2.17. The normalized spacial score (nSPS) is 13.8. The van der Waals surface area contributed by atoms with Crippen molar-refractivity contribution in [2.75, 3.05) is 5.32 Å². The Balaban J connectivity index is 2.27. The summed E-state index contributed by atoms with van der Waals surface area (Å²) in [4.78, 5) is 12.6. The Kier molecular flexibility index (Phi) is 5.75. The van der Waals surface area contributed by atoms with Crippen LogP contribution in [0.5, 0.6) is 0 Å². The molecule has 1 heterocycles. The standard InChI is InChI=1S/C19H26FN3O/c1-12(2)10-13(3)15-8-6-7-9-17(15)21-19(24)16-11-23(5)22-18(16)14(4)20/h6-9,11-14H,10H2,1-5H3,(H,21,24)/t13?,14-/m0/s1. The predicted molar refractivity (Wildman–Crippen MR) is 95.0 cm³/mol. The molecular formula is C19H26FN3O. The average molecular weight is 331 g/mol. The molecule has 0 saturated heterocycles.